The molecule has 4 N–H and O–H groups in total. The lowest BCUT2D eigenvalue weighted by atomic mass is 9.96. The molecule has 0 amide bonds. The minimum Gasteiger partial charge on any atom is -0.398 e. The first-order valence-electron chi connectivity index (χ1n) is 15.5. The van der Waals surface area contributed by atoms with Crippen LogP contribution in [0.3, 0.4) is 0 Å². The largest absolute Gasteiger partial charge is 0.398 e. The van der Waals surface area contributed by atoms with E-state index in [-0.39, 0.29) is 21.7 Å². The van der Waals surface area contributed by atoms with Gasteiger partial charge in [0.25, 0.3) is 0 Å². The fourth-order valence-corrected chi connectivity index (χ4v) is 7.11. The molecule has 5 heterocycles. The second-order valence-electron chi connectivity index (χ2n) is 11.9. The first kappa shape index (κ1) is 31.8. The molecule has 0 aliphatic carbocycles. The molecule has 2 aromatic carbocycles. The van der Waals surface area contributed by atoms with Gasteiger partial charge in [0.15, 0.2) is 5.82 Å². The van der Waals surface area contributed by atoms with Crippen molar-refractivity contribution >= 4 is 44.9 Å². The molecule has 2 bridgehead atoms. The van der Waals surface area contributed by atoms with Gasteiger partial charge >= 0.3 is 5.69 Å². The first-order valence-corrected chi connectivity index (χ1v) is 15.9. The van der Waals surface area contributed by atoms with Gasteiger partial charge in [-0.1, -0.05) is 25.4 Å². The molecule has 3 saturated heterocycles. The standard InChI is InChI=1S/C25H23ClFN7O.C6H13N.C2H6/c1-11-19(20-15(8-28)17(29)5-6-18(20)33(11)2)21-16(26)7-14-23(22(21)27)31-25(35)32-24(14)34-9-12-3-4-13(10-34)30-12;1-6-4-3-5-7(6)2;1-2/h5-7,12-13,30H,3-4,9-10,29H2,1-2H3,(H,31,32,35);6H,3-5H2,1-2H3;1-2H3/t;6-;/m.1./s1. The Balaban J connectivity index is 0.000000373. The number of nitrogens with one attached hydrogen (secondary N) is 2. The zero-order chi connectivity index (χ0) is 31.9. The van der Waals surface area contributed by atoms with Crippen LogP contribution in [0.2, 0.25) is 5.02 Å². The smallest absolute Gasteiger partial charge is 0.347 e. The van der Waals surface area contributed by atoms with Crippen LogP contribution in [0.5, 0.6) is 0 Å². The number of nitrogen functional groups attached to an aromatic ring is 1. The second kappa shape index (κ2) is 12.8. The molecular weight excluding hydrogens is 579 g/mol. The number of nitrogens with zero attached hydrogens (tertiary/aromatic N) is 5. The molecule has 11 heteroatoms. The van der Waals surface area contributed by atoms with Crippen molar-refractivity contribution in [2.75, 3.05) is 37.3 Å². The zero-order valence-electron chi connectivity index (χ0n) is 26.4. The maximum absolute atomic E-state index is 16.3. The van der Waals surface area contributed by atoms with Crippen LogP contribution >= 0.6 is 11.6 Å². The Morgan fingerprint density at radius 2 is 1.82 bits per heavy atom. The molecule has 2 aromatic heterocycles. The molecular formula is C33H42ClFN8O. The van der Waals surface area contributed by atoms with E-state index in [0.717, 1.165) is 30.1 Å². The van der Waals surface area contributed by atoms with Crippen molar-refractivity contribution in [2.24, 2.45) is 7.05 Å². The first-order chi connectivity index (χ1) is 21.1. The number of halogens is 2. The molecule has 3 aliphatic rings. The molecule has 0 saturated carbocycles. The van der Waals surface area contributed by atoms with Gasteiger partial charge in [0.1, 0.15) is 11.9 Å². The number of anilines is 2. The summed E-state index contributed by atoms with van der Waals surface area (Å²) in [6, 6.07) is 8.77. The minimum atomic E-state index is -0.659. The topological polar surface area (TPSA) is 119 Å². The van der Waals surface area contributed by atoms with E-state index in [1.165, 1.54) is 19.4 Å². The van der Waals surface area contributed by atoms with Crippen LogP contribution in [0.1, 0.15) is 57.7 Å². The van der Waals surface area contributed by atoms with E-state index < -0.39 is 11.5 Å². The van der Waals surface area contributed by atoms with Gasteiger partial charge in [0, 0.05) is 65.9 Å². The number of nitriles is 1. The summed E-state index contributed by atoms with van der Waals surface area (Å²) in [6.07, 6.45) is 4.92. The Bertz CT molecular complexity index is 1790. The van der Waals surface area contributed by atoms with E-state index in [1.54, 1.807) is 18.2 Å². The Kier molecular flexibility index (Phi) is 9.21. The Labute approximate surface area is 262 Å². The maximum Gasteiger partial charge on any atom is 0.347 e. The average Bonchev–Trinajstić information content (AvgIpc) is 3.64. The highest BCUT2D eigenvalue weighted by Crippen LogP contribution is 2.44. The molecule has 3 fully saturated rings. The van der Waals surface area contributed by atoms with Gasteiger partial charge < -0.3 is 30.4 Å². The third-order valence-electron chi connectivity index (χ3n) is 9.35. The number of piperazine rings is 1. The van der Waals surface area contributed by atoms with Gasteiger partial charge in [-0.25, -0.2) is 9.18 Å². The van der Waals surface area contributed by atoms with Crippen molar-refractivity contribution in [3.63, 3.8) is 0 Å². The summed E-state index contributed by atoms with van der Waals surface area (Å²) < 4.78 is 18.2. The van der Waals surface area contributed by atoms with Gasteiger partial charge in [0.2, 0.25) is 0 Å². The summed E-state index contributed by atoms with van der Waals surface area (Å²) in [4.78, 5) is 23.8. The summed E-state index contributed by atoms with van der Waals surface area (Å²) in [7, 11) is 4.03. The van der Waals surface area contributed by atoms with Gasteiger partial charge in [-0.3, -0.25) is 0 Å². The summed E-state index contributed by atoms with van der Waals surface area (Å²) in [5.74, 6) is -0.223. The van der Waals surface area contributed by atoms with E-state index in [4.69, 9.17) is 17.3 Å². The van der Waals surface area contributed by atoms with Gasteiger partial charge in [-0.15, -0.1) is 0 Å². The number of benzene rings is 2. The van der Waals surface area contributed by atoms with Crippen LogP contribution < -0.4 is 21.6 Å². The highest BCUT2D eigenvalue weighted by atomic mass is 35.5. The minimum absolute atomic E-state index is 0.0455. The predicted molar refractivity (Wildman–Crippen MR) is 178 cm³/mol. The van der Waals surface area contributed by atoms with E-state index in [9.17, 15) is 10.1 Å². The fraction of sp³-hybridized carbons (Fsp3) is 0.485. The summed E-state index contributed by atoms with van der Waals surface area (Å²) in [5.41, 5.74) is 8.14. The third kappa shape index (κ3) is 5.53. The fourth-order valence-electron chi connectivity index (χ4n) is 6.82. The third-order valence-corrected chi connectivity index (χ3v) is 9.65. The summed E-state index contributed by atoms with van der Waals surface area (Å²) in [6.45, 7) is 10.8. The molecule has 4 aromatic rings. The summed E-state index contributed by atoms with van der Waals surface area (Å²) in [5, 5.41) is 14.5. The second-order valence-corrected chi connectivity index (χ2v) is 12.3. The van der Waals surface area contributed by atoms with Crippen LogP contribution in [0.4, 0.5) is 15.9 Å². The van der Waals surface area contributed by atoms with Crippen molar-refractivity contribution in [3.8, 4) is 17.2 Å². The van der Waals surface area contributed by atoms with E-state index >= 15 is 4.39 Å². The van der Waals surface area contributed by atoms with Crippen molar-refractivity contribution in [1.29, 1.82) is 5.26 Å². The van der Waals surface area contributed by atoms with Crippen molar-refractivity contribution in [2.45, 2.75) is 71.5 Å². The number of aromatic nitrogens is 3. The molecule has 7 rings (SSSR count). The number of H-pyrrole nitrogens is 1. The predicted octanol–water partition coefficient (Wildman–Crippen LogP) is 5.70. The monoisotopic (exact) mass is 620 g/mol. The quantitative estimate of drug-likeness (QED) is 0.246. The molecule has 0 spiro atoms. The van der Waals surface area contributed by atoms with E-state index in [1.807, 2.05) is 37.3 Å². The number of rotatable bonds is 2. The molecule has 44 heavy (non-hydrogen) atoms. The Hall–Kier alpha value is -3.65. The lowest BCUT2D eigenvalue weighted by Crippen LogP contribution is -2.51. The highest BCUT2D eigenvalue weighted by Gasteiger charge is 2.34. The van der Waals surface area contributed by atoms with Crippen LogP contribution in [0, 0.1) is 24.1 Å². The lowest BCUT2D eigenvalue weighted by molar-refractivity contribution is 0.331. The number of hydrogen-bond donors (Lipinski definition) is 3. The van der Waals surface area contributed by atoms with Crippen LogP contribution in [0.15, 0.2) is 23.0 Å². The number of nitrogens with two attached hydrogens (primary N) is 1. The van der Waals surface area contributed by atoms with Crippen LogP contribution in [0.25, 0.3) is 32.9 Å². The van der Waals surface area contributed by atoms with Gasteiger partial charge in [-0.05, 0) is 71.3 Å². The normalized spacial score (nSPS) is 21.2. The SMILES string of the molecule is CC.C[C@@H]1CCCN1C.Cc1c(-c2c(Cl)cc3c(N4CC5CCC(C4)N5)nc(=O)[nH]c3c2F)c2c(C#N)c(N)ccc2n1C. The number of fused-ring (bicyclic) bond motifs is 4. The number of aryl methyl sites for hydroxylation is 1. The number of aromatic amines is 1. The van der Waals surface area contributed by atoms with Crippen molar-refractivity contribution in [3.05, 3.63) is 50.8 Å². The molecule has 3 atom stereocenters. The highest BCUT2D eigenvalue weighted by molar-refractivity contribution is 6.35. The van der Waals surface area contributed by atoms with Gasteiger partial charge in [0.05, 0.1) is 27.3 Å². The lowest BCUT2D eigenvalue weighted by Gasteiger charge is -2.34. The molecule has 234 valence electrons. The summed E-state index contributed by atoms with van der Waals surface area (Å²) >= 11 is 6.77. The molecule has 2 unspecified atom stereocenters. The Morgan fingerprint density at radius 3 is 2.39 bits per heavy atom. The molecule has 3 aliphatic heterocycles. The van der Waals surface area contributed by atoms with Gasteiger partial charge in [-0.2, -0.15) is 10.2 Å². The molecule has 9 nitrogen and oxygen atoms in total. The average molecular weight is 621 g/mol. The zero-order valence-corrected chi connectivity index (χ0v) is 27.1. The van der Waals surface area contributed by atoms with Crippen molar-refractivity contribution in [1.82, 2.24) is 24.8 Å². The number of hydrogen-bond acceptors (Lipinski definition) is 7. The van der Waals surface area contributed by atoms with Crippen LogP contribution in [-0.4, -0.2) is 64.2 Å². The van der Waals surface area contributed by atoms with E-state index in [0.29, 0.717) is 53.0 Å². The number of likely N-dealkylation sites (tertiary alicyclic amines) is 1. The maximum atomic E-state index is 16.3. The van der Waals surface area contributed by atoms with Crippen molar-refractivity contribution < 1.29 is 4.39 Å². The van der Waals surface area contributed by atoms with E-state index in [2.05, 4.69) is 40.2 Å². The van der Waals surface area contributed by atoms with Crippen LogP contribution in [-0.2, 0) is 7.05 Å². The molecule has 0 radical (unpaired) electrons. The Morgan fingerprint density at radius 1 is 1.14 bits per heavy atom.